The Morgan fingerprint density at radius 1 is 0.793 bits per heavy atom. The Morgan fingerprint density at radius 2 is 1.59 bits per heavy atom. The van der Waals surface area contributed by atoms with Crippen LogP contribution in [0.5, 0.6) is 0 Å². The van der Waals surface area contributed by atoms with E-state index in [1.54, 1.807) is 0 Å². The molecule has 2 nitrogen and oxygen atoms in total. The van der Waals surface area contributed by atoms with Gasteiger partial charge in [0, 0.05) is 29.2 Å². The average Bonchev–Trinajstić information content (AvgIpc) is 2.71. The van der Waals surface area contributed by atoms with Crippen molar-refractivity contribution in [3.63, 3.8) is 0 Å². The van der Waals surface area contributed by atoms with E-state index in [4.69, 9.17) is 4.98 Å². The maximum atomic E-state index is 4.86. The molecule has 0 fully saturated rings. The van der Waals surface area contributed by atoms with E-state index in [9.17, 15) is 0 Å². The van der Waals surface area contributed by atoms with Gasteiger partial charge >= 0.3 is 0 Å². The van der Waals surface area contributed by atoms with Crippen molar-refractivity contribution >= 4 is 10.8 Å². The molecule has 0 bridgehead atoms. The Balaban J connectivity index is 1.71. The molecule has 0 unspecified atom stereocenters. The molecule has 0 radical (unpaired) electrons. The lowest BCUT2D eigenvalue weighted by Gasteiger charge is -2.23. The zero-order chi connectivity index (χ0) is 20.2. The number of fused-ring (bicyclic) bond motifs is 4. The fourth-order valence-corrected chi connectivity index (χ4v) is 4.51. The Hall–Kier alpha value is -3.00. The van der Waals surface area contributed by atoms with Gasteiger partial charge in [-0.15, -0.1) is 0 Å². The van der Waals surface area contributed by atoms with Gasteiger partial charge in [0.05, 0.1) is 5.69 Å². The number of aromatic nitrogens is 2. The first kappa shape index (κ1) is 18.1. The van der Waals surface area contributed by atoms with Gasteiger partial charge in [-0.3, -0.25) is 9.97 Å². The first-order chi connectivity index (χ1) is 13.9. The standard InChI is InChI=1S/C27H26N2/c1-17-11-19-9-10-20-15-29-26(14-23(20)24(19)16-28-17)21-12-18-7-5-6-8-22(18)25(13-21)27(2,3)4/h5-8,11-16H,9-10H2,1-4H3. The average molecular weight is 379 g/mol. The van der Waals surface area contributed by atoms with Crippen LogP contribution in [0.15, 0.2) is 60.9 Å². The molecular weight excluding hydrogens is 352 g/mol. The van der Waals surface area contributed by atoms with Crippen LogP contribution in [0.4, 0.5) is 0 Å². The Morgan fingerprint density at radius 3 is 2.41 bits per heavy atom. The molecule has 0 saturated carbocycles. The second-order valence-corrected chi connectivity index (χ2v) is 9.20. The van der Waals surface area contributed by atoms with Crippen LogP contribution in [0.1, 0.15) is 43.2 Å². The van der Waals surface area contributed by atoms with Crippen molar-refractivity contribution in [1.82, 2.24) is 9.97 Å². The number of aryl methyl sites for hydroxylation is 3. The molecule has 144 valence electrons. The van der Waals surface area contributed by atoms with Crippen LogP contribution in [-0.2, 0) is 18.3 Å². The third-order valence-electron chi connectivity index (χ3n) is 6.03. The highest BCUT2D eigenvalue weighted by atomic mass is 14.7. The summed E-state index contributed by atoms with van der Waals surface area (Å²) in [7, 11) is 0. The quantitative estimate of drug-likeness (QED) is 0.370. The van der Waals surface area contributed by atoms with Crippen molar-refractivity contribution in [3.8, 4) is 22.4 Å². The Kier molecular flexibility index (Phi) is 4.06. The molecule has 29 heavy (non-hydrogen) atoms. The van der Waals surface area contributed by atoms with Gasteiger partial charge in [-0.1, -0.05) is 45.0 Å². The number of nitrogens with zero attached hydrogens (tertiary/aromatic N) is 2. The summed E-state index contributed by atoms with van der Waals surface area (Å²) < 4.78 is 0. The number of rotatable bonds is 1. The predicted molar refractivity (Wildman–Crippen MR) is 121 cm³/mol. The number of benzene rings is 2. The first-order valence-corrected chi connectivity index (χ1v) is 10.4. The van der Waals surface area contributed by atoms with Crippen LogP contribution >= 0.6 is 0 Å². The first-order valence-electron chi connectivity index (χ1n) is 10.4. The third-order valence-corrected chi connectivity index (χ3v) is 6.03. The topological polar surface area (TPSA) is 25.8 Å². The van der Waals surface area contributed by atoms with Gasteiger partial charge in [0.1, 0.15) is 0 Å². The van der Waals surface area contributed by atoms with Gasteiger partial charge in [-0.2, -0.15) is 0 Å². The van der Waals surface area contributed by atoms with E-state index in [2.05, 4.69) is 87.4 Å². The molecule has 0 amide bonds. The van der Waals surface area contributed by atoms with Gasteiger partial charge in [-0.05, 0) is 82.5 Å². The monoisotopic (exact) mass is 378 g/mol. The molecular formula is C27H26N2. The smallest absolute Gasteiger partial charge is 0.0708 e. The van der Waals surface area contributed by atoms with Crippen LogP contribution in [0, 0.1) is 6.92 Å². The Labute approximate surface area is 172 Å². The normalized spacial score (nSPS) is 13.2. The van der Waals surface area contributed by atoms with E-state index < -0.39 is 0 Å². The number of hydrogen-bond acceptors (Lipinski definition) is 2. The van der Waals surface area contributed by atoms with E-state index in [1.165, 1.54) is 44.2 Å². The van der Waals surface area contributed by atoms with Gasteiger partial charge < -0.3 is 0 Å². The van der Waals surface area contributed by atoms with E-state index in [1.807, 2.05) is 6.20 Å². The van der Waals surface area contributed by atoms with Gasteiger partial charge in [-0.25, -0.2) is 0 Å². The van der Waals surface area contributed by atoms with Crippen molar-refractivity contribution < 1.29 is 0 Å². The molecule has 2 aromatic heterocycles. The third kappa shape index (κ3) is 3.13. The molecule has 0 aliphatic heterocycles. The van der Waals surface area contributed by atoms with E-state index in [-0.39, 0.29) is 5.41 Å². The van der Waals surface area contributed by atoms with Crippen molar-refractivity contribution in [2.45, 2.75) is 46.0 Å². The Bertz CT molecular complexity index is 1250. The molecule has 0 N–H and O–H groups in total. The zero-order valence-corrected chi connectivity index (χ0v) is 17.6. The highest BCUT2D eigenvalue weighted by Crippen LogP contribution is 2.38. The van der Waals surface area contributed by atoms with Crippen LogP contribution < -0.4 is 0 Å². The minimum atomic E-state index is 0.0673. The van der Waals surface area contributed by atoms with E-state index in [0.717, 1.165) is 24.2 Å². The summed E-state index contributed by atoms with van der Waals surface area (Å²) in [5, 5.41) is 2.60. The maximum absolute atomic E-state index is 4.86. The van der Waals surface area contributed by atoms with Crippen molar-refractivity contribution in [3.05, 3.63) is 83.3 Å². The van der Waals surface area contributed by atoms with E-state index >= 15 is 0 Å². The molecule has 1 aliphatic rings. The molecule has 0 atom stereocenters. The second-order valence-electron chi connectivity index (χ2n) is 9.20. The lowest BCUT2D eigenvalue weighted by Crippen LogP contribution is -2.12. The summed E-state index contributed by atoms with van der Waals surface area (Å²) in [6, 6.07) is 17.8. The molecule has 2 heteroatoms. The van der Waals surface area contributed by atoms with Gasteiger partial charge in [0.15, 0.2) is 0 Å². The van der Waals surface area contributed by atoms with E-state index in [0.29, 0.717) is 0 Å². The minimum absolute atomic E-state index is 0.0673. The summed E-state index contributed by atoms with van der Waals surface area (Å²) in [5.41, 5.74) is 10.0. The second kappa shape index (κ2) is 6.52. The molecule has 0 saturated heterocycles. The van der Waals surface area contributed by atoms with Crippen molar-refractivity contribution in [2.24, 2.45) is 0 Å². The summed E-state index contributed by atoms with van der Waals surface area (Å²) in [6.07, 6.45) is 6.22. The summed E-state index contributed by atoms with van der Waals surface area (Å²) >= 11 is 0. The van der Waals surface area contributed by atoms with Crippen molar-refractivity contribution in [1.29, 1.82) is 0 Å². The van der Waals surface area contributed by atoms with Gasteiger partial charge in [0.2, 0.25) is 0 Å². The highest BCUT2D eigenvalue weighted by molar-refractivity contribution is 5.91. The van der Waals surface area contributed by atoms with Crippen LogP contribution in [0.3, 0.4) is 0 Å². The SMILES string of the molecule is Cc1cc2c(cn1)-c1cc(-c3cc(C(C)(C)C)c4ccccc4c3)ncc1CC2. The maximum Gasteiger partial charge on any atom is 0.0708 e. The molecule has 5 rings (SSSR count). The minimum Gasteiger partial charge on any atom is -0.261 e. The fraction of sp³-hybridized carbons (Fsp3) is 0.259. The van der Waals surface area contributed by atoms with Crippen molar-refractivity contribution in [2.75, 3.05) is 0 Å². The summed E-state index contributed by atoms with van der Waals surface area (Å²) in [6.45, 7) is 8.91. The zero-order valence-electron chi connectivity index (χ0n) is 17.6. The largest absolute Gasteiger partial charge is 0.261 e. The molecule has 2 aromatic carbocycles. The molecule has 1 aliphatic carbocycles. The fourth-order valence-electron chi connectivity index (χ4n) is 4.51. The number of pyridine rings is 2. The lowest BCUT2D eigenvalue weighted by molar-refractivity contribution is 0.596. The van der Waals surface area contributed by atoms with Gasteiger partial charge in [0.25, 0.3) is 0 Å². The lowest BCUT2D eigenvalue weighted by atomic mass is 9.82. The molecule has 4 aromatic rings. The number of hydrogen-bond donors (Lipinski definition) is 0. The summed E-state index contributed by atoms with van der Waals surface area (Å²) in [5.74, 6) is 0. The summed E-state index contributed by atoms with van der Waals surface area (Å²) in [4.78, 5) is 9.42. The predicted octanol–water partition coefficient (Wildman–Crippen LogP) is 6.67. The molecule has 0 spiro atoms. The van der Waals surface area contributed by atoms with Crippen LogP contribution in [-0.4, -0.2) is 9.97 Å². The highest BCUT2D eigenvalue weighted by Gasteiger charge is 2.21. The molecule has 2 heterocycles. The van der Waals surface area contributed by atoms with Crippen LogP contribution in [0.2, 0.25) is 0 Å². The van der Waals surface area contributed by atoms with Crippen LogP contribution in [0.25, 0.3) is 33.2 Å².